The molecule has 3 heterocycles. The van der Waals surface area contributed by atoms with Crippen LogP contribution < -0.4 is 10.3 Å². The van der Waals surface area contributed by atoms with E-state index < -0.39 is 0 Å². The van der Waals surface area contributed by atoms with Crippen LogP contribution in [0.3, 0.4) is 0 Å². The number of rotatable bonds is 5. The Labute approximate surface area is 160 Å². The van der Waals surface area contributed by atoms with Crippen LogP contribution in [0.4, 0.5) is 0 Å². The third-order valence-corrected chi connectivity index (χ3v) is 5.43. The van der Waals surface area contributed by atoms with Gasteiger partial charge in [-0.05, 0) is 31.5 Å². The Balaban J connectivity index is 1.82. The van der Waals surface area contributed by atoms with Gasteiger partial charge in [-0.15, -0.1) is 11.3 Å². The molecule has 1 aromatic carbocycles. The van der Waals surface area contributed by atoms with Crippen LogP contribution in [-0.4, -0.2) is 25.9 Å². The number of ether oxygens (including phenoxy) is 1. The SMILES string of the molecule is CCOc1ccc(-c2c(C)sc3ncn(Cc4cnn(C)c4)c(=O)c23)cc1. The van der Waals surface area contributed by atoms with E-state index in [1.54, 1.807) is 33.1 Å². The van der Waals surface area contributed by atoms with E-state index in [1.807, 2.05) is 51.4 Å². The molecule has 138 valence electrons. The summed E-state index contributed by atoms with van der Waals surface area (Å²) in [6, 6.07) is 7.87. The van der Waals surface area contributed by atoms with E-state index >= 15 is 0 Å². The number of aryl methyl sites for hydroxylation is 2. The van der Waals surface area contributed by atoms with Gasteiger partial charge in [0.25, 0.3) is 5.56 Å². The van der Waals surface area contributed by atoms with E-state index in [-0.39, 0.29) is 5.56 Å². The summed E-state index contributed by atoms with van der Waals surface area (Å²) in [5, 5.41) is 4.84. The van der Waals surface area contributed by atoms with E-state index in [2.05, 4.69) is 10.1 Å². The number of fused-ring (bicyclic) bond motifs is 1. The molecular weight excluding hydrogens is 360 g/mol. The van der Waals surface area contributed by atoms with E-state index in [4.69, 9.17) is 4.74 Å². The Hall–Kier alpha value is -2.93. The third-order valence-electron chi connectivity index (χ3n) is 4.42. The summed E-state index contributed by atoms with van der Waals surface area (Å²) in [5.41, 5.74) is 2.89. The third kappa shape index (κ3) is 3.26. The molecule has 7 heteroatoms. The van der Waals surface area contributed by atoms with Gasteiger partial charge in [0.15, 0.2) is 0 Å². The highest BCUT2D eigenvalue weighted by atomic mass is 32.1. The largest absolute Gasteiger partial charge is 0.494 e. The fourth-order valence-electron chi connectivity index (χ4n) is 3.23. The van der Waals surface area contributed by atoms with Gasteiger partial charge in [0.1, 0.15) is 10.6 Å². The summed E-state index contributed by atoms with van der Waals surface area (Å²) in [6.45, 7) is 5.07. The molecule has 0 N–H and O–H groups in total. The highest BCUT2D eigenvalue weighted by Crippen LogP contribution is 2.36. The van der Waals surface area contributed by atoms with Crippen molar-refractivity contribution in [2.75, 3.05) is 6.61 Å². The minimum absolute atomic E-state index is 0.0305. The predicted molar refractivity (Wildman–Crippen MR) is 108 cm³/mol. The maximum atomic E-state index is 13.2. The first-order valence-electron chi connectivity index (χ1n) is 8.76. The van der Waals surface area contributed by atoms with E-state index in [0.717, 1.165) is 32.1 Å². The van der Waals surface area contributed by atoms with Gasteiger partial charge in [-0.25, -0.2) is 4.98 Å². The number of thiophene rings is 1. The van der Waals surface area contributed by atoms with Gasteiger partial charge in [0.05, 0.1) is 31.1 Å². The second-order valence-corrected chi connectivity index (χ2v) is 7.57. The van der Waals surface area contributed by atoms with Gasteiger partial charge in [-0.3, -0.25) is 14.0 Å². The van der Waals surface area contributed by atoms with Crippen LogP contribution in [0.15, 0.2) is 47.8 Å². The summed E-state index contributed by atoms with van der Waals surface area (Å²) in [4.78, 5) is 19.6. The molecule has 27 heavy (non-hydrogen) atoms. The van der Waals surface area contributed by atoms with E-state index in [1.165, 1.54) is 0 Å². The molecule has 0 aliphatic heterocycles. The molecule has 0 radical (unpaired) electrons. The summed E-state index contributed by atoms with van der Waals surface area (Å²) in [7, 11) is 1.86. The van der Waals surface area contributed by atoms with Crippen LogP contribution in [0.1, 0.15) is 17.4 Å². The van der Waals surface area contributed by atoms with Crippen molar-refractivity contribution in [2.24, 2.45) is 7.05 Å². The van der Waals surface area contributed by atoms with Crippen LogP contribution in [-0.2, 0) is 13.6 Å². The first kappa shape index (κ1) is 17.5. The van der Waals surface area contributed by atoms with E-state index in [9.17, 15) is 4.79 Å². The van der Waals surface area contributed by atoms with Gasteiger partial charge >= 0.3 is 0 Å². The summed E-state index contributed by atoms with van der Waals surface area (Å²) in [5.74, 6) is 0.825. The molecule has 3 aromatic heterocycles. The highest BCUT2D eigenvalue weighted by molar-refractivity contribution is 7.19. The molecule has 0 amide bonds. The molecule has 0 saturated carbocycles. The summed E-state index contributed by atoms with van der Waals surface area (Å²) in [6.07, 6.45) is 5.29. The standard InChI is InChI=1S/C20H20N4O2S/c1-4-26-16-7-5-15(6-8-16)17-13(2)27-19-18(17)20(25)24(12-21-19)11-14-9-22-23(3)10-14/h5-10,12H,4,11H2,1-3H3. The van der Waals surface area contributed by atoms with Gasteiger partial charge in [-0.1, -0.05) is 12.1 Å². The first-order valence-corrected chi connectivity index (χ1v) is 9.57. The number of nitrogens with zero attached hydrogens (tertiary/aromatic N) is 4. The fourth-order valence-corrected chi connectivity index (χ4v) is 4.24. The number of benzene rings is 1. The van der Waals surface area contributed by atoms with Crippen LogP contribution in [0.25, 0.3) is 21.3 Å². The van der Waals surface area contributed by atoms with Gasteiger partial charge < -0.3 is 4.74 Å². The smallest absolute Gasteiger partial charge is 0.263 e. The summed E-state index contributed by atoms with van der Waals surface area (Å²) < 4.78 is 8.89. The minimum Gasteiger partial charge on any atom is -0.494 e. The molecule has 6 nitrogen and oxygen atoms in total. The molecule has 0 aliphatic rings. The Morgan fingerprint density at radius 3 is 2.67 bits per heavy atom. The highest BCUT2D eigenvalue weighted by Gasteiger charge is 2.17. The second kappa shape index (κ2) is 7.00. The van der Waals surface area contributed by atoms with Gasteiger partial charge in [0, 0.05) is 29.2 Å². The van der Waals surface area contributed by atoms with Gasteiger partial charge in [-0.2, -0.15) is 5.10 Å². The maximum absolute atomic E-state index is 13.2. The molecule has 0 saturated heterocycles. The van der Waals surface area contributed by atoms with Crippen LogP contribution >= 0.6 is 11.3 Å². The average Bonchev–Trinajstić information content (AvgIpc) is 3.21. The monoisotopic (exact) mass is 380 g/mol. The molecule has 0 atom stereocenters. The lowest BCUT2D eigenvalue weighted by Gasteiger charge is -2.07. The van der Waals surface area contributed by atoms with Crippen molar-refractivity contribution in [2.45, 2.75) is 20.4 Å². The summed E-state index contributed by atoms with van der Waals surface area (Å²) >= 11 is 1.55. The van der Waals surface area contributed by atoms with E-state index in [0.29, 0.717) is 18.5 Å². The topological polar surface area (TPSA) is 61.9 Å². The molecule has 0 fully saturated rings. The molecule has 0 unspecified atom stereocenters. The molecule has 4 aromatic rings. The van der Waals surface area contributed by atoms with Crippen molar-refractivity contribution < 1.29 is 4.74 Å². The maximum Gasteiger partial charge on any atom is 0.263 e. The van der Waals surface area contributed by atoms with Gasteiger partial charge in [0.2, 0.25) is 0 Å². The molecular formula is C20H20N4O2S. The number of aromatic nitrogens is 4. The zero-order valence-corrected chi connectivity index (χ0v) is 16.3. The van der Waals surface area contributed by atoms with Crippen molar-refractivity contribution in [3.8, 4) is 16.9 Å². The zero-order valence-electron chi connectivity index (χ0n) is 15.5. The minimum atomic E-state index is -0.0305. The van der Waals surface area contributed by atoms with Crippen molar-refractivity contribution >= 4 is 21.6 Å². The van der Waals surface area contributed by atoms with Crippen molar-refractivity contribution in [3.05, 3.63) is 63.8 Å². The average molecular weight is 380 g/mol. The quantitative estimate of drug-likeness (QED) is 0.531. The van der Waals surface area contributed by atoms with Crippen molar-refractivity contribution in [1.29, 1.82) is 0 Å². The number of hydrogen-bond donors (Lipinski definition) is 0. The predicted octanol–water partition coefficient (Wildman–Crippen LogP) is 3.61. The van der Waals surface area contributed by atoms with Crippen LogP contribution in [0.2, 0.25) is 0 Å². The Kier molecular flexibility index (Phi) is 4.53. The zero-order chi connectivity index (χ0) is 19.0. The molecule has 0 spiro atoms. The lowest BCUT2D eigenvalue weighted by atomic mass is 10.0. The Morgan fingerprint density at radius 1 is 1.22 bits per heavy atom. The lowest BCUT2D eigenvalue weighted by Crippen LogP contribution is -2.20. The van der Waals surface area contributed by atoms with Crippen molar-refractivity contribution in [1.82, 2.24) is 19.3 Å². The Bertz CT molecular complexity index is 1160. The lowest BCUT2D eigenvalue weighted by molar-refractivity contribution is 0.340. The molecule has 4 rings (SSSR count). The van der Waals surface area contributed by atoms with Crippen molar-refractivity contribution in [3.63, 3.8) is 0 Å². The number of hydrogen-bond acceptors (Lipinski definition) is 5. The normalized spacial score (nSPS) is 11.2. The molecule has 0 bridgehead atoms. The van der Waals surface area contributed by atoms with Crippen LogP contribution in [0, 0.1) is 6.92 Å². The van der Waals surface area contributed by atoms with Crippen LogP contribution in [0.5, 0.6) is 5.75 Å². The Morgan fingerprint density at radius 2 is 2.00 bits per heavy atom. The fraction of sp³-hybridized carbons (Fsp3) is 0.250. The second-order valence-electron chi connectivity index (χ2n) is 6.37. The first-order chi connectivity index (χ1) is 13.1. The molecule has 0 aliphatic carbocycles.